The van der Waals surface area contributed by atoms with Crippen molar-refractivity contribution in [2.24, 2.45) is 0 Å². The van der Waals surface area contributed by atoms with E-state index in [1.54, 1.807) is 0 Å². The number of carbonyl (C=O) groups is 2. The number of hydrogen-bond donors (Lipinski definition) is 0. The van der Waals surface area contributed by atoms with Crippen LogP contribution in [0, 0.1) is 0 Å². The van der Waals surface area contributed by atoms with Crippen LogP contribution in [0.25, 0.3) is 0 Å². The first-order valence-electron chi connectivity index (χ1n) is 21.6. The molecule has 0 saturated heterocycles. The van der Waals surface area contributed by atoms with Crippen LogP contribution in [0.1, 0.15) is 245 Å². The Kier molecular flexibility index (Phi) is 39.0. The van der Waals surface area contributed by atoms with Gasteiger partial charge in [-0.15, -0.1) is 0 Å². The zero-order chi connectivity index (χ0) is 35.0. The van der Waals surface area contributed by atoms with Crippen molar-refractivity contribution in [1.29, 1.82) is 0 Å². The number of allylic oxidation sites excluding steroid dienone is 2. The molecule has 0 aromatic rings. The first-order chi connectivity index (χ1) is 23.6. The highest BCUT2D eigenvalue weighted by molar-refractivity contribution is 5.69. The van der Waals surface area contributed by atoms with Gasteiger partial charge in [0, 0.05) is 12.8 Å². The predicted octanol–water partition coefficient (Wildman–Crippen LogP) is 14.7. The van der Waals surface area contributed by atoms with Gasteiger partial charge < -0.3 is 9.47 Å². The molecule has 0 heterocycles. The highest BCUT2D eigenvalue weighted by atomic mass is 16.5. The summed E-state index contributed by atoms with van der Waals surface area (Å²) >= 11 is 0. The van der Waals surface area contributed by atoms with Gasteiger partial charge in [-0.2, -0.15) is 0 Å². The summed E-state index contributed by atoms with van der Waals surface area (Å²) in [5.74, 6) is 0.0144. The summed E-state index contributed by atoms with van der Waals surface area (Å²) in [5, 5.41) is 0. The Labute approximate surface area is 300 Å². The summed E-state index contributed by atoms with van der Waals surface area (Å²) in [6.07, 6.45) is 46.4. The van der Waals surface area contributed by atoms with Crippen molar-refractivity contribution in [3.05, 3.63) is 12.2 Å². The molecule has 1 unspecified atom stereocenters. The molecule has 0 saturated carbocycles. The lowest BCUT2D eigenvalue weighted by molar-refractivity contribution is -0.150. The van der Waals surface area contributed by atoms with Crippen molar-refractivity contribution < 1.29 is 19.1 Å². The Balaban J connectivity index is 3.82. The van der Waals surface area contributed by atoms with Crippen LogP contribution in [0.15, 0.2) is 12.2 Å². The summed E-state index contributed by atoms with van der Waals surface area (Å²) in [4.78, 5) is 24.5. The second-order valence-electron chi connectivity index (χ2n) is 14.7. The number of hydrogen-bond acceptors (Lipinski definition) is 4. The van der Waals surface area contributed by atoms with Crippen LogP contribution in [0.2, 0.25) is 0 Å². The molecule has 0 aliphatic rings. The summed E-state index contributed by atoms with van der Waals surface area (Å²) in [5.41, 5.74) is 0. The first kappa shape index (κ1) is 46.7. The minimum absolute atomic E-state index is 0.0128. The van der Waals surface area contributed by atoms with Gasteiger partial charge in [-0.25, -0.2) is 0 Å². The van der Waals surface area contributed by atoms with E-state index < -0.39 is 0 Å². The van der Waals surface area contributed by atoms with Gasteiger partial charge in [-0.05, 0) is 70.6 Å². The Morgan fingerprint density at radius 1 is 0.417 bits per heavy atom. The molecule has 48 heavy (non-hydrogen) atoms. The smallest absolute Gasteiger partial charge is 0.306 e. The summed E-state index contributed by atoms with van der Waals surface area (Å²) < 4.78 is 11.4. The van der Waals surface area contributed by atoms with E-state index in [2.05, 4.69) is 32.9 Å². The van der Waals surface area contributed by atoms with E-state index >= 15 is 0 Å². The highest BCUT2D eigenvalue weighted by Gasteiger charge is 2.14. The van der Waals surface area contributed by atoms with Crippen LogP contribution >= 0.6 is 0 Å². The fourth-order valence-corrected chi connectivity index (χ4v) is 6.49. The molecule has 284 valence electrons. The van der Waals surface area contributed by atoms with Gasteiger partial charge in [0.25, 0.3) is 0 Å². The van der Waals surface area contributed by atoms with Gasteiger partial charge in [0.05, 0.1) is 6.61 Å². The van der Waals surface area contributed by atoms with Gasteiger partial charge in [-0.1, -0.05) is 174 Å². The average molecular weight is 677 g/mol. The third-order valence-corrected chi connectivity index (χ3v) is 9.74. The Bertz CT molecular complexity index is 687. The second-order valence-corrected chi connectivity index (χ2v) is 14.7. The van der Waals surface area contributed by atoms with E-state index in [0.717, 1.165) is 51.4 Å². The van der Waals surface area contributed by atoms with E-state index in [0.29, 0.717) is 19.4 Å². The van der Waals surface area contributed by atoms with Crippen molar-refractivity contribution in [2.75, 3.05) is 6.61 Å². The maximum absolute atomic E-state index is 12.6. The standard InChI is InChI=1S/C44H84O4/c1-4-7-10-13-15-16-17-18-19-20-21-22-27-30-35-40-44(46)48-42(37-32-12-9-6-3)38-33-28-25-23-24-26-29-34-39-43(45)47-41-36-31-14-11-8-5-2/h18-19,42H,4-17,20-41H2,1-3H3/b19-18-. The normalized spacial score (nSPS) is 12.1. The zero-order valence-electron chi connectivity index (χ0n) is 32.8. The molecule has 0 aliphatic heterocycles. The van der Waals surface area contributed by atoms with Crippen LogP contribution in [-0.2, 0) is 19.1 Å². The van der Waals surface area contributed by atoms with E-state index in [9.17, 15) is 9.59 Å². The van der Waals surface area contributed by atoms with Crippen molar-refractivity contribution >= 4 is 11.9 Å². The van der Waals surface area contributed by atoms with Gasteiger partial charge in [-0.3, -0.25) is 9.59 Å². The molecule has 0 amide bonds. The third-order valence-electron chi connectivity index (χ3n) is 9.74. The quantitative estimate of drug-likeness (QED) is 0.0369. The van der Waals surface area contributed by atoms with Gasteiger partial charge >= 0.3 is 11.9 Å². The predicted molar refractivity (Wildman–Crippen MR) is 209 cm³/mol. The topological polar surface area (TPSA) is 52.6 Å². The molecule has 0 aromatic carbocycles. The number of esters is 2. The molecule has 4 nitrogen and oxygen atoms in total. The Morgan fingerprint density at radius 3 is 1.25 bits per heavy atom. The lowest BCUT2D eigenvalue weighted by Gasteiger charge is -2.18. The molecule has 0 radical (unpaired) electrons. The number of carbonyl (C=O) groups excluding carboxylic acids is 2. The highest BCUT2D eigenvalue weighted by Crippen LogP contribution is 2.18. The summed E-state index contributed by atoms with van der Waals surface area (Å²) in [6.45, 7) is 7.36. The molecule has 1 atom stereocenters. The molecular formula is C44H84O4. The number of ether oxygens (including phenoxy) is 2. The molecular weight excluding hydrogens is 592 g/mol. The number of unbranched alkanes of at least 4 members (excludes halogenated alkanes) is 26. The SMILES string of the molecule is CCCCCCCC/C=C\CCCCCCCC(=O)OC(CCCCCC)CCCCCCCCCCC(=O)OCCCCCCCC. The van der Waals surface area contributed by atoms with E-state index in [-0.39, 0.29) is 18.0 Å². The van der Waals surface area contributed by atoms with Crippen LogP contribution in [0.5, 0.6) is 0 Å². The molecule has 0 spiro atoms. The lowest BCUT2D eigenvalue weighted by Crippen LogP contribution is -2.18. The van der Waals surface area contributed by atoms with Crippen molar-refractivity contribution in [1.82, 2.24) is 0 Å². The van der Waals surface area contributed by atoms with Gasteiger partial charge in [0.2, 0.25) is 0 Å². The average Bonchev–Trinajstić information content (AvgIpc) is 3.08. The minimum atomic E-state index is -0.0128. The first-order valence-corrected chi connectivity index (χ1v) is 21.6. The second kappa shape index (κ2) is 40.1. The Hall–Kier alpha value is -1.32. The fraction of sp³-hybridized carbons (Fsp3) is 0.909. The van der Waals surface area contributed by atoms with Gasteiger partial charge in [0.15, 0.2) is 0 Å². The largest absolute Gasteiger partial charge is 0.466 e. The van der Waals surface area contributed by atoms with Crippen LogP contribution in [0.4, 0.5) is 0 Å². The van der Waals surface area contributed by atoms with Gasteiger partial charge in [0.1, 0.15) is 6.10 Å². The van der Waals surface area contributed by atoms with Crippen molar-refractivity contribution in [2.45, 2.75) is 252 Å². The van der Waals surface area contributed by atoms with E-state index in [4.69, 9.17) is 9.47 Å². The molecule has 4 heteroatoms. The molecule has 0 aliphatic carbocycles. The van der Waals surface area contributed by atoms with Crippen LogP contribution in [0.3, 0.4) is 0 Å². The molecule has 0 N–H and O–H groups in total. The van der Waals surface area contributed by atoms with Crippen LogP contribution < -0.4 is 0 Å². The van der Waals surface area contributed by atoms with Crippen LogP contribution in [-0.4, -0.2) is 24.6 Å². The molecule has 0 fully saturated rings. The number of rotatable bonds is 39. The van der Waals surface area contributed by atoms with E-state index in [1.807, 2.05) is 0 Å². The summed E-state index contributed by atoms with van der Waals surface area (Å²) in [7, 11) is 0. The zero-order valence-corrected chi connectivity index (χ0v) is 32.8. The molecule has 0 aromatic heterocycles. The van der Waals surface area contributed by atoms with Crippen molar-refractivity contribution in [3.8, 4) is 0 Å². The maximum Gasteiger partial charge on any atom is 0.306 e. The van der Waals surface area contributed by atoms with E-state index in [1.165, 1.54) is 161 Å². The Morgan fingerprint density at radius 2 is 0.771 bits per heavy atom. The third kappa shape index (κ3) is 37.5. The fourth-order valence-electron chi connectivity index (χ4n) is 6.49. The van der Waals surface area contributed by atoms with Crippen molar-refractivity contribution in [3.63, 3.8) is 0 Å². The monoisotopic (exact) mass is 677 g/mol. The lowest BCUT2D eigenvalue weighted by atomic mass is 10.0. The molecule has 0 rings (SSSR count). The summed E-state index contributed by atoms with van der Waals surface area (Å²) in [6, 6.07) is 0. The molecule has 0 bridgehead atoms. The maximum atomic E-state index is 12.6. The minimum Gasteiger partial charge on any atom is -0.466 e.